The van der Waals surface area contributed by atoms with Gasteiger partial charge in [-0.2, -0.15) is 0 Å². The summed E-state index contributed by atoms with van der Waals surface area (Å²) in [7, 11) is 0. The summed E-state index contributed by atoms with van der Waals surface area (Å²) < 4.78 is 13.5. The lowest BCUT2D eigenvalue weighted by molar-refractivity contribution is 0.166. The maximum absolute atomic E-state index is 13.5. The number of rotatable bonds is 5. The zero-order chi connectivity index (χ0) is 13.7. The molecule has 0 spiro atoms. The standard InChI is InChI=1S/C15H20ClFN2.2ClH/c1-2-3-4-15(19-7-5-18-6-8-19)12-9-13(16)11-14(17)10-12;;/h2,9-11,15,18H,1,3-8H2;2*1H/t15-;;/m1../s1. The van der Waals surface area contributed by atoms with Gasteiger partial charge in [-0.3, -0.25) is 4.90 Å². The normalized spacial score (nSPS) is 16.5. The van der Waals surface area contributed by atoms with Crippen LogP contribution in [0.2, 0.25) is 5.02 Å². The molecule has 2 nitrogen and oxygen atoms in total. The largest absolute Gasteiger partial charge is 0.314 e. The highest BCUT2D eigenvalue weighted by Crippen LogP contribution is 2.29. The van der Waals surface area contributed by atoms with E-state index in [9.17, 15) is 4.39 Å². The summed E-state index contributed by atoms with van der Waals surface area (Å²) in [4.78, 5) is 2.39. The van der Waals surface area contributed by atoms with E-state index in [1.54, 1.807) is 6.07 Å². The van der Waals surface area contributed by atoms with Crippen molar-refractivity contribution in [2.24, 2.45) is 0 Å². The van der Waals surface area contributed by atoms with Gasteiger partial charge in [-0.1, -0.05) is 17.7 Å². The number of nitrogens with one attached hydrogen (secondary N) is 1. The molecule has 120 valence electrons. The average Bonchev–Trinajstić information content (AvgIpc) is 2.39. The molecule has 0 aliphatic carbocycles. The van der Waals surface area contributed by atoms with Gasteiger partial charge in [0, 0.05) is 37.2 Å². The number of hydrogen-bond acceptors (Lipinski definition) is 2. The number of halogens is 4. The Morgan fingerprint density at radius 2 is 1.95 bits per heavy atom. The summed E-state index contributed by atoms with van der Waals surface area (Å²) in [5.41, 5.74) is 0.966. The number of allylic oxidation sites excluding steroid dienone is 1. The summed E-state index contributed by atoms with van der Waals surface area (Å²) in [6.45, 7) is 7.70. The van der Waals surface area contributed by atoms with Gasteiger partial charge < -0.3 is 5.32 Å². The van der Waals surface area contributed by atoms with Crippen LogP contribution in [0.25, 0.3) is 0 Å². The molecule has 1 N–H and O–H groups in total. The van der Waals surface area contributed by atoms with E-state index in [1.165, 1.54) is 6.07 Å². The summed E-state index contributed by atoms with van der Waals surface area (Å²) in [5, 5.41) is 3.80. The van der Waals surface area contributed by atoms with Crippen molar-refractivity contribution in [2.45, 2.75) is 18.9 Å². The van der Waals surface area contributed by atoms with Gasteiger partial charge in [0.1, 0.15) is 5.82 Å². The topological polar surface area (TPSA) is 15.3 Å². The van der Waals surface area contributed by atoms with Gasteiger partial charge in [0.25, 0.3) is 0 Å². The summed E-state index contributed by atoms with van der Waals surface area (Å²) in [5.74, 6) is -0.263. The fraction of sp³-hybridized carbons (Fsp3) is 0.467. The maximum atomic E-state index is 13.5. The fourth-order valence-electron chi connectivity index (χ4n) is 2.60. The quantitative estimate of drug-likeness (QED) is 0.795. The molecule has 1 fully saturated rings. The Morgan fingerprint density at radius 3 is 2.52 bits per heavy atom. The molecule has 0 unspecified atom stereocenters. The molecule has 0 saturated carbocycles. The van der Waals surface area contributed by atoms with E-state index in [2.05, 4.69) is 16.8 Å². The van der Waals surface area contributed by atoms with E-state index in [4.69, 9.17) is 11.6 Å². The minimum Gasteiger partial charge on any atom is -0.314 e. The maximum Gasteiger partial charge on any atom is 0.125 e. The van der Waals surface area contributed by atoms with Crippen LogP contribution >= 0.6 is 36.4 Å². The van der Waals surface area contributed by atoms with E-state index in [1.807, 2.05) is 12.1 Å². The molecule has 1 saturated heterocycles. The van der Waals surface area contributed by atoms with Crippen molar-refractivity contribution < 1.29 is 4.39 Å². The van der Waals surface area contributed by atoms with Crippen molar-refractivity contribution in [3.05, 3.63) is 47.3 Å². The second-order valence-corrected chi connectivity index (χ2v) is 5.31. The van der Waals surface area contributed by atoms with Crippen LogP contribution in [0.1, 0.15) is 24.4 Å². The Hall–Kier alpha value is -0.320. The highest BCUT2D eigenvalue weighted by molar-refractivity contribution is 6.30. The van der Waals surface area contributed by atoms with Crippen LogP contribution in [0.4, 0.5) is 4.39 Å². The van der Waals surface area contributed by atoms with Crippen molar-refractivity contribution in [3.8, 4) is 0 Å². The Balaban J connectivity index is 0.00000200. The minimum absolute atomic E-state index is 0. The first-order valence-electron chi connectivity index (χ1n) is 6.72. The highest BCUT2D eigenvalue weighted by Gasteiger charge is 2.22. The zero-order valence-electron chi connectivity index (χ0n) is 11.9. The summed E-state index contributed by atoms with van der Waals surface area (Å²) in [6, 6.07) is 5.04. The molecule has 1 aliphatic rings. The van der Waals surface area contributed by atoms with E-state index in [0.29, 0.717) is 5.02 Å². The highest BCUT2D eigenvalue weighted by atomic mass is 35.5. The number of piperazine rings is 1. The van der Waals surface area contributed by atoms with Crippen LogP contribution in [0.15, 0.2) is 30.9 Å². The Bertz CT molecular complexity index is 417. The molecule has 1 atom stereocenters. The van der Waals surface area contributed by atoms with Crippen molar-refractivity contribution in [1.29, 1.82) is 0 Å². The van der Waals surface area contributed by atoms with Gasteiger partial charge in [-0.15, -0.1) is 31.4 Å². The van der Waals surface area contributed by atoms with Crippen molar-refractivity contribution >= 4 is 36.4 Å². The van der Waals surface area contributed by atoms with Crippen molar-refractivity contribution in [2.75, 3.05) is 26.2 Å². The molecule has 1 aliphatic heterocycles. The Morgan fingerprint density at radius 1 is 1.29 bits per heavy atom. The van der Waals surface area contributed by atoms with Gasteiger partial charge in [0.15, 0.2) is 0 Å². The number of benzene rings is 1. The van der Waals surface area contributed by atoms with Gasteiger partial charge >= 0.3 is 0 Å². The lowest BCUT2D eigenvalue weighted by Gasteiger charge is -2.35. The van der Waals surface area contributed by atoms with Gasteiger partial charge in [0.05, 0.1) is 0 Å². The van der Waals surface area contributed by atoms with Crippen molar-refractivity contribution in [1.82, 2.24) is 10.2 Å². The molecule has 6 heteroatoms. The molecule has 1 aromatic carbocycles. The van der Waals surface area contributed by atoms with Crippen LogP contribution in [-0.2, 0) is 0 Å². The summed E-state index contributed by atoms with van der Waals surface area (Å²) in [6.07, 6.45) is 3.78. The predicted octanol–water partition coefficient (Wildman–Crippen LogP) is 4.24. The number of hydrogen-bond donors (Lipinski definition) is 1. The molecule has 1 heterocycles. The average molecular weight is 356 g/mol. The first-order chi connectivity index (χ1) is 9.20. The molecular weight excluding hydrogens is 334 g/mol. The molecular formula is C15H22Cl3FN2. The van der Waals surface area contributed by atoms with Gasteiger partial charge in [-0.05, 0) is 36.6 Å². The van der Waals surface area contributed by atoms with E-state index in [0.717, 1.165) is 44.6 Å². The predicted molar refractivity (Wildman–Crippen MR) is 92.5 cm³/mol. The van der Waals surface area contributed by atoms with Crippen LogP contribution in [0.5, 0.6) is 0 Å². The van der Waals surface area contributed by atoms with E-state index >= 15 is 0 Å². The smallest absolute Gasteiger partial charge is 0.125 e. The van der Waals surface area contributed by atoms with Gasteiger partial charge in [-0.25, -0.2) is 4.39 Å². The molecule has 1 aromatic rings. The lowest BCUT2D eigenvalue weighted by Crippen LogP contribution is -2.45. The first-order valence-corrected chi connectivity index (χ1v) is 7.10. The van der Waals surface area contributed by atoms with Crippen LogP contribution in [0.3, 0.4) is 0 Å². The molecule has 2 rings (SSSR count). The Labute approximate surface area is 143 Å². The zero-order valence-corrected chi connectivity index (χ0v) is 14.2. The molecule has 0 amide bonds. The molecule has 0 bridgehead atoms. The first kappa shape index (κ1) is 20.7. The Kier molecular flexibility index (Phi) is 10.3. The molecule has 0 aromatic heterocycles. The number of nitrogens with zero attached hydrogens (tertiary/aromatic N) is 1. The van der Waals surface area contributed by atoms with Gasteiger partial charge in [0.2, 0.25) is 0 Å². The SMILES string of the molecule is C=CCC[C@H](c1cc(F)cc(Cl)c1)N1CCNCC1.Cl.Cl. The molecule has 0 radical (unpaired) electrons. The van der Waals surface area contributed by atoms with Crippen LogP contribution in [0, 0.1) is 5.82 Å². The fourth-order valence-corrected chi connectivity index (χ4v) is 2.83. The third kappa shape index (κ3) is 6.13. The van der Waals surface area contributed by atoms with E-state index in [-0.39, 0.29) is 36.7 Å². The minimum atomic E-state index is -0.263. The second-order valence-electron chi connectivity index (χ2n) is 4.87. The third-order valence-corrected chi connectivity index (χ3v) is 3.72. The lowest BCUT2D eigenvalue weighted by atomic mass is 9.99. The van der Waals surface area contributed by atoms with Crippen LogP contribution < -0.4 is 5.32 Å². The molecule has 21 heavy (non-hydrogen) atoms. The van der Waals surface area contributed by atoms with E-state index < -0.39 is 0 Å². The monoisotopic (exact) mass is 354 g/mol. The second kappa shape index (κ2) is 10.4. The third-order valence-electron chi connectivity index (χ3n) is 3.51. The summed E-state index contributed by atoms with van der Waals surface area (Å²) >= 11 is 5.98. The van der Waals surface area contributed by atoms with Crippen molar-refractivity contribution in [3.63, 3.8) is 0 Å². The van der Waals surface area contributed by atoms with Crippen LogP contribution in [-0.4, -0.2) is 31.1 Å².